The van der Waals surface area contributed by atoms with Gasteiger partial charge in [0.05, 0.1) is 17.1 Å². The summed E-state index contributed by atoms with van der Waals surface area (Å²) in [5.41, 5.74) is 0.0924. The van der Waals surface area contributed by atoms with Crippen molar-refractivity contribution in [2.24, 2.45) is 0 Å². The van der Waals surface area contributed by atoms with Gasteiger partial charge in [-0.3, -0.25) is 10.1 Å². The van der Waals surface area contributed by atoms with Gasteiger partial charge in [0.15, 0.2) is 0 Å². The van der Waals surface area contributed by atoms with E-state index in [0.717, 1.165) is 25.9 Å². The quantitative estimate of drug-likeness (QED) is 0.337. The van der Waals surface area contributed by atoms with Gasteiger partial charge in [0, 0.05) is 12.1 Å². The maximum absolute atomic E-state index is 11.6. The minimum Gasteiger partial charge on any atom is -0.462 e. The molecule has 0 aliphatic rings. The summed E-state index contributed by atoms with van der Waals surface area (Å²) in [4.78, 5) is 21.7. The molecule has 6 heteroatoms. The number of rotatable bonds is 8. The Labute approximate surface area is 111 Å². The molecule has 0 bridgehead atoms. The van der Waals surface area contributed by atoms with Gasteiger partial charge in [-0.05, 0) is 32.0 Å². The van der Waals surface area contributed by atoms with E-state index in [2.05, 4.69) is 12.2 Å². The normalized spacial score (nSPS) is 10.2. The van der Waals surface area contributed by atoms with E-state index in [0.29, 0.717) is 6.61 Å². The first-order valence-corrected chi connectivity index (χ1v) is 6.27. The van der Waals surface area contributed by atoms with Crippen molar-refractivity contribution >= 4 is 11.7 Å². The van der Waals surface area contributed by atoms with Crippen LogP contribution in [0.1, 0.15) is 30.1 Å². The van der Waals surface area contributed by atoms with Gasteiger partial charge in [0.2, 0.25) is 0 Å². The molecule has 0 radical (unpaired) electrons. The van der Waals surface area contributed by atoms with Crippen LogP contribution in [0.3, 0.4) is 0 Å². The summed E-state index contributed by atoms with van der Waals surface area (Å²) in [6.07, 6.45) is 1.79. The highest BCUT2D eigenvalue weighted by atomic mass is 16.6. The molecule has 0 heterocycles. The topological polar surface area (TPSA) is 81.5 Å². The van der Waals surface area contributed by atoms with Crippen molar-refractivity contribution in [2.45, 2.75) is 19.8 Å². The molecule has 0 atom stereocenters. The molecular formula is C13H18N2O4. The zero-order chi connectivity index (χ0) is 14.1. The standard InChI is InChI=1S/C13H18N2O4/c1-2-7-14-8-4-9-19-13(16)11-5-3-6-12(10-11)15(17)18/h3,5-6,10,14H,2,4,7-9H2,1H3. The van der Waals surface area contributed by atoms with Gasteiger partial charge in [0.1, 0.15) is 0 Å². The maximum atomic E-state index is 11.6. The van der Waals surface area contributed by atoms with Crippen LogP contribution in [0, 0.1) is 10.1 Å². The van der Waals surface area contributed by atoms with Crippen LogP contribution in [0.25, 0.3) is 0 Å². The van der Waals surface area contributed by atoms with E-state index in [-0.39, 0.29) is 11.3 Å². The van der Waals surface area contributed by atoms with Gasteiger partial charge in [0.25, 0.3) is 5.69 Å². The number of hydrogen-bond acceptors (Lipinski definition) is 5. The number of nitrogens with one attached hydrogen (secondary N) is 1. The fraction of sp³-hybridized carbons (Fsp3) is 0.462. The van der Waals surface area contributed by atoms with Crippen LogP contribution in [-0.2, 0) is 4.74 Å². The third-order valence-electron chi connectivity index (χ3n) is 2.45. The van der Waals surface area contributed by atoms with E-state index < -0.39 is 10.9 Å². The Balaban J connectivity index is 2.37. The third-order valence-corrected chi connectivity index (χ3v) is 2.45. The zero-order valence-corrected chi connectivity index (χ0v) is 10.9. The van der Waals surface area contributed by atoms with Crippen LogP contribution in [-0.4, -0.2) is 30.6 Å². The number of benzene rings is 1. The summed E-state index contributed by atoms with van der Waals surface area (Å²) in [5.74, 6) is -0.529. The van der Waals surface area contributed by atoms with E-state index in [1.165, 1.54) is 24.3 Å². The second-order valence-electron chi connectivity index (χ2n) is 4.05. The molecule has 104 valence electrons. The molecule has 1 aromatic carbocycles. The molecular weight excluding hydrogens is 248 g/mol. The van der Waals surface area contributed by atoms with Crippen LogP contribution in [0.2, 0.25) is 0 Å². The van der Waals surface area contributed by atoms with E-state index in [9.17, 15) is 14.9 Å². The van der Waals surface area contributed by atoms with Gasteiger partial charge in [-0.2, -0.15) is 0 Å². The van der Waals surface area contributed by atoms with E-state index >= 15 is 0 Å². The van der Waals surface area contributed by atoms with E-state index in [4.69, 9.17) is 4.74 Å². The lowest BCUT2D eigenvalue weighted by Gasteiger charge is -2.05. The fourth-order valence-electron chi connectivity index (χ4n) is 1.49. The summed E-state index contributed by atoms with van der Waals surface area (Å²) in [5, 5.41) is 13.8. The average Bonchev–Trinajstić information content (AvgIpc) is 2.42. The Hall–Kier alpha value is -1.95. The van der Waals surface area contributed by atoms with Crippen molar-refractivity contribution in [3.63, 3.8) is 0 Å². The van der Waals surface area contributed by atoms with Crippen molar-refractivity contribution in [2.75, 3.05) is 19.7 Å². The second kappa shape index (κ2) is 8.20. The Kier molecular flexibility index (Phi) is 6.52. The lowest BCUT2D eigenvalue weighted by atomic mass is 10.2. The highest BCUT2D eigenvalue weighted by molar-refractivity contribution is 5.90. The number of carbonyl (C=O) groups is 1. The van der Waals surface area contributed by atoms with Crippen molar-refractivity contribution < 1.29 is 14.5 Å². The van der Waals surface area contributed by atoms with Crippen molar-refractivity contribution in [3.8, 4) is 0 Å². The smallest absolute Gasteiger partial charge is 0.338 e. The Morgan fingerprint density at radius 2 is 2.21 bits per heavy atom. The first kappa shape index (κ1) is 15.1. The first-order valence-electron chi connectivity index (χ1n) is 6.27. The van der Waals surface area contributed by atoms with Crippen LogP contribution in [0.4, 0.5) is 5.69 Å². The lowest BCUT2D eigenvalue weighted by Crippen LogP contribution is -2.18. The van der Waals surface area contributed by atoms with Crippen molar-refractivity contribution in [1.29, 1.82) is 0 Å². The number of nitro groups is 1. The largest absolute Gasteiger partial charge is 0.462 e. The monoisotopic (exact) mass is 266 g/mol. The number of nitro benzene ring substituents is 1. The number of carbonyl (C=O) groups excluding carboxylic acids is 1. The average molecular weight is 266 g/mol. The molecule has 0 fully saturated rings. The van der Waals surface area contributed by atoms with E-state index in [1.807, 2.05) is 0 Å². The Morgan fingerprint density at radius 1 is 1.42 bits per heavy atom. The number of nitrogens with zero attached hydrogens (tertiary/aromatic N) is 1. The van der Waals surface area contributed by atoms with Crippen molar-refractivity contribution in [1.82, 2.24) is 5.32 Å². The zero-order valence-electron chi connectivity index (χ0n) is 10.9. The molecule has 0 aromatic heterocycles. The summed E-state index contributed by atoms with van der Waals surface area (Å²) in [6.45, 7) is 4.11. The summed E-state index contributed by atoms with van der Waals surface area (Å²) in [6, 6.07) is 5.53. The predicted octanol–water partition coefficient (Wildman–Crippen LogP) is 2.14. The third kappa shape index (κ3) is 5.48. The maximum Gasteiger partial charge on any atom is 0.338 e. The van der Waals surface area contributed by atoms with Gasteiger partial charge < -0.3 is 10.1 Å². The molecule has 19 heavy (non-hydrogen) atoms. The number of hydrogen-bond donors (Lipinski definition) is 1. The number of non-ortho nitro benzene ring substituents is 1. The van der Waals surface area contributed by atoms with Gasteiger partial charge >= 0.3 is 5.97 Å². The van der Waals surface area contributed by atoms with Crippen LogP contribution < -0.4 is 5.32 Å². The van der Waals surface area contributed by atoms with Gasteiger partial charge in [-0.1, -0.05) is 13.0 Å². The fourth-order valence-corrected chi connectivity index (χ4v) is 1.49. The number of esters is 1. The molecule has 6 nitrogen and oxygen atoms in total. The Bertz CT molecular complexity index is 434. The second-order valence-corrected chi connectivity index (χ2v) is 4.05. The number of ether oxygens (including phenoxy) is 1. The van der Waals surface area contributed by atoms with E-state index in [1.54, 1.807) is 0 Å². The molecule has 0 aliphatic heterocycles. The summed E-state index contributed by atoms with van der Waals surface area (Å²) >= 11 is 0. The molecule has 1 N–H and O–H groups in total. The SMILES string of the molecule is CCCNCCCOC(=O)c1cccc([N+](=O)[O-])c1. The highest BCUT2D eigenvalue weighted by Gasteiger charge is 2.12. The summed E-state index contributed by atoms with van der Waals surface area (Å²) < 4.78 is 5.04. The molecule has 0 spiro atoms. The minimum absolute atomic E-state index is 0.112. The molecule has 0 saturated carbocycles. The van der Waals surface area contributed by atoms with Crippen molar-refractivity contribution in [3.05, 3.63) is 39.9 Å². The molecule has 0 aliphatic carbocycles. The van der Waals surface area contributed by atoms with Gasteiger partial charge in [-0.15, -0.1) is 0 Å². The van der Waals surface area contributed by atoms with Crippen LogP contribution in [0.5, 0.6) is 0 Å². The molecule has 1 aromatic rings. The molecule has 0 amide bonds. The lowest BCUT2D eigenvalue weighted by molar-refractivity contribution is -0.384. The first-order chi connectivity index (χ1) is 9.15. The van der Waals surface area contributed by atoms with Gasteiger partial charge in [-0.25, -0.2) is 4.79 Å². The summed E-state index contributed by atoms with van der Waals surface area (Å²) in [7, 11) is 0. The minimum atomic E-state index is -0.536. The molecule has 0 saturated heterocycles. The molecule has 0 unspecified atom stereocenters. The molecule has 1 rings (SSSR count). The predicted molar refractivity (Wildman–Crippen MR) is 71.2 cm³/mol. The van der Waals surface area contributed by atoms with Crippen LogP contribution in [0.15, 0.2) is 24.3 Å². The van der Waals surface area contributed by atoms with Crippen LogP contribution >= 0.6 is 0 Å². The Morgan fingerprint density at radius 3 is 2.89 bits per heavy atom. The highest BCUT2D eigenvalue weighted by Crippen LogP contribution is 2.13.